The van der Waals surface area contributed by atoms with Gasteiger partial charge in [-0.15, -0.1) is 0 Å². The van der Waals surface area contributed by atoms with E-state index < -0.39 is 0 Å². The summed E-state index contributed by atoms with van der Waals surface area (Å²) < 4.78 is 0.960. The smallest absolute Gasteiger partial charge is 0.133 e. The van der Waals surface area contributed by atoms with Gasteiger partial charge in [0.05, 0.1) is 11.1 Å². The van der Waals surface area contributed by atoms with Crippen LogP contribution in [0, 0.1) is 0 Å². The van der Waals surface area contributed by atoms with E-state index in [2.05, 4.69) is 31.1 Å². The maximum atomic E-state index is 5.64. The molecule has 72 valence electrons. The molecule has 0 aliphatic heterocycles. The van der Waals surface area contributed by atoms with Gasteiger partial charge in [0.2, 0.25) is 0 Å². The number of anilines is 1. The Hall–Kier alpha value is -1.01. The van der Waals surface area contributed by atoms with Crippen LogP contribution in [0.3, 0.4) is 0 Å². The van der Waals surface area contributed by atoms with Gasteiger partial charge in [-0.3, -0.25) is 5.10 Å². The number of nitrogen functional groups attached to an aromatic ring is 1. The van der Waals surface area contributed by atoms with Crippen LogP contribution in [0.25, 0.3) is 0 Å². The summed E-state index contributed by atoms with van der Waals surface area (Å²) in [5.74, 6) is 0.569. The van der Waals surface area contributed by atoms with Crippen molar-refractivity contribution in [2.45, 2.75) is 9.92 Å². The summed E-state index contributed by atoms with van der Waals surface area (Å²) in [7, 11) is 0. The van der Waals surface area contributed by atoms with Crippen LogP contribution in [-0.2, 0) is 0 Å². The van der Waals surface area contributed by atoms with Crippen LogP contribution in [-0.4, -0.2) is 15.2 Å². The number of aromatic nitrogens is 3. The lowest BCUT2D eigenvalue weighted by Gasteiger charge is -1.98. The van der Waals surface area contributed by atoms with E-state index >= 15 is 0 Å². The molecular formula is C8H7BrN4S. The van der Waals surface area contributed by atoms with Crippen LogP contribution in [0.15, 0.2) is 38.9 Å². The lowest BCUT2D eigenvalue weighted by atomic mass is 10.5. The fraction of sp³-hybridized carbons (Fsp3) is 0. The molecule has 0 aliphatic carbocycles. The van der Waals surface area contributed by atoms with E-state index in [1.165, 1.54) is 11.8 Å². The molecule has 0 amide bonds. The molecule has 6 heteroatoms. The number of nitrogens with zero attached hydrogens (tertiary/aromatic N) is 2. The second kappa shape index (κ2) is 4.02. The minimum atomic E-state index is 0.569. The maximum Gasteiger partial charge on any atom is 0.133 e. The summed E-state index contributed by atoms with van der Waals surface area (Å²) in [6, 6.07) is 3.85. The topological polar surface area (TPSA) is 67.6 Å². The molecule has 0 saturated carbocycles. The van der Waals surface area contributed by atoms with Crippen LogP contribution in [0.5, 0.6) is 0 Å². The molecule has 2 rings (SSSR count). The second-order valence-electron chi connectivity index (χ2n) is 2.56. The summed E-state index contributed by atoms with van der Waals surface area (Å²) >= 11 is 4.80. The minimum absolute atomic E-state index is 0.569. The van der Waals surface area contributed by atoms with Gasteiger partial charge in [0.15, 0.2) is 0 Å². The Balaban J connectivity index is 2.19. The van der Waals surface area contributed by atoms with Crippen molar-refractivity contribution in [3.8, 4) is 0 Å². The van der Waals surface area contributed by atoms with Gasteiger partial charge in [-0.2, -0.15) is 5.10 Å². The van der Waals surface area contributed by atoms with Crippen molar-refractivity contribution in [2.24, 2.45) is 0 Å². The number of H-pyrrole nitrogens is 1. The maximum absolute atomic E-state index is 5.64. The van der Waals surface area contributed by atoms with Gasteiger partial charge in [-0.1, -0.05) is 11.8 Å². The largest absolute Gasteiger partial charge is 0.383 e. The van der Waals surface area contributed by atoms with Crippen LogP contribution in [0.1, 0.15) is 0 Å². The number of aromatic amines is 1. The highest BCUT2D eigenvalue weighted by atomic mass is 79.9. The van der Waals surface area contributed by atoms with Crippen LogP contribution in [0.2, 0.25) is 0 Å². The standard InChI is InChI=1S/C8H7BrN4S/c9-5-1-2-7(11-3-5)14-6-4-12-13-8(6)10/h1-4H,(H3,10,12,13). The molecule has 0 atom stereocenters. The molecule has 3 N–H and O–H groups in total. The molecule has 14 heavy (non-hydrogen) atoms. The second-order valence-corrected chi connectivity index (χ2v) is 4.54. The van der Waals surface area contributed by atoms with Crippen molar-refractivity contribution in [1.29, 1.82) is 0 Å². The molecule has 0 bridgehead atoms. The molecule has 2 aromatic rings. The van der Waals surface area contributed by atoms with Crippen molar-refractivity contribution in [3.63, 3.8) is 0 Å². The Morgan fingerprint density at radius 3 is 2.79 bits per heavy atom. The van der Waals surface area contributed by atoms with E-state index in [0.717, 1.165) is 14.4 Å². The third-order valence-electron chi connectivity index (χ3n) is 1.55. The Bertz CT molecular complexity index is 425. The van der Waals surface area contributed by atoms with E-state index in [4.69, 9.17) is 5.73 Å². The zero-order valence-corrected chi connectivity index (χ0v) is 9.47. The van der Waals surface area contributed by atoms with E-state index in [0.29, 0.717) is 5.82 Å². The van der Waals surface area contributed by atoms with Crippen molar-refractivity contribution in [1.82, 2.24) is 15.2 Å². The SMILES string of the molecule is Nc1[nH]ncc1Sc1ccc(Br)cn1. The first-order chi connectivity index (χ1) is 6.75. The number of rotatable bonds is 2. The Morgan fingerprint density at radius 1 is 1.36 bits per heavy atom. The van der Waals surface area contributed by atoms with Gasteiger partial charge in [-0.05, 0) is 28.1 Å². The normalized spacial score (nSPS) is 10.4. The highest BCUT2D eigenvalue weighted by molar-refractivity contribution is 9.10. The van der Waals surface area contributed by atoms with Gasteiger partial charge in [0, 0.05) is 10.7 Å². The first kappa shape index (κ1) is 9.54. The molecule has 0 unspecified atom stereocenters. The Labute approximate surface area is 93.4 Å². The molecule has 0 aromatic carbocycles. The summed E-state index contributed by atoms with van der Waals surface area (Å²) in [6.07, 6.45) is 3.43. The molecule has 0 spiro atoms. The number of halogens is 1. The summed E-state index contributed by atoms with van der Waals surface area (Å²) in [6.45, 7) is 0. The molecule has 0 fully saturated rings. The van der Waals surface area contributed by atoms with E-state index in [-0.39, 0.29) is 0 Å². The average Bonchev–Trinajstić information content (AvgIpc) is 2.56. The molecule has 2 heterocycles. The first-order valence-electron chi connectivity index (χ1n) is 3.84. The number of hydrogen-bond acceptors (Lipinski definition) is 4. The highest BCUT2D eigenvalue weighted by Crippen LogP contribution is 2.29. The number of nitrogens with one attached hydrogen (secondary N) is 1. The van der Waals surface area contributed by atoms with Crippen LogP contribution < -0.4 is 5.73 Å². The third kappa shape index (κ3) is 2.08. The lowest BCUT2D eigenvalue weighted by Crippen LogP contribution is -1.86. The summed E-state index contributed by atoms with van der Waals surface area (Å²) in [5.41, 5.74) is 5.64. The number of hydrogen-bond donors (Lipinski definition) is 2. The average molecular weight is 271 g/mol. The van der Waals surface area contributed by atoms with Crippen molar-refractivity contribution in [2.75, 3.05) is 5.73 Å². The van der Waals surface area contributed by atoms with Gasteiger partial charge in [0.1, 0.15) is 10.8 Å². The van der Waals surface area contributed by atoms with E-state index in [1.54, 1.807) is 12.4 Å². The molecule has 4 nitrogen and oxygen atoms in total. The highest BCUT2D eigenvalue weighted by Gasteiger charge is 2.04. The number of pyridine rings is 1. The zero-order valence-electron chi connectivity index (χ0n) is 7.07. The van der Waals surface area contributed by atoms with Gasteiger partial charge in [-0.25, -0.2) is 4.98 Å². The minimum Gasteiger partial charge on any atom is -0.383 e. The molecule has 0 radical (unpaired) electrons. The lowest BCUT2D eigenvalue weighted by molar-refractivity contribution is 1.10. The van der Waals surface area contributed by atoms with Crippen LogP contribution >= 0.6 is 27.7 Å². The van der Waals surface area contributed by atoms with Gasteiger partial charge < -0.3 is 5.73 Å². The summed E-state index contributed by atoms with van der Waals surface area (Å²) in [5, 5.41) is 7.39. The molecule has 0 saturated heterocycles. The third-order valence-corrected chi connectivity index (χ3v) is 3.01. The van der Waals surface area contributed by atoms with E-state index in [9.17, 15) is 0 Å². The van der Waals surface area contributed by atoms with Gasteiger partial charge >= 0.3 is 0 Å². The summed E-state index contributed by atoms with van der Waals surface area (Å²) in [4.78, 5) is 5.10. The zero-order chi connectivity index (χ0) is 9.97. The van der Waals surface area contributed by atoms with Gasteiger partial charge in [0.25, 0.3) is 0 Å². The first-order valence-corrected chi connectivity index (χ1v) is 5.45. The predicted octanol–water partition coefficient (Wildman–Crippen LogP) is 2.30. The predicted molar refractivity (Wildman–Crippen MR) is 59.1 cm³/mol. The monoisotopic (exact) mass is 270 g/mol. The van der Waals surface area contributed by atoms with Crippen molar-refractivity contribution in [3.05, 3.63) is 29.0 Å². The fourth-order valence-corrected chi connectivity index (χ4v) is 1.86. The Kier molecular flexibility index (Phi) is 2.74. The van der Waals surface area contributed by atoms with Crippen LogP contribution in [0.4, 0.5) is 5.82 Å². The quantitative estimate of drug-likeness (QED) is 0.879. The molecule has 2 aromatic heterocycles. The molecular weight excluding hydrogens is 264 g/mol. The van der Waals surface area contributed by atoms with Crippen molar-refractivity contribution >= 4 is 33.5 Å². The fourth-order valence-electron chi connectivity index (χ4n) is 0.902. The van der Waals surface area contributed by atoms with E-state index in [1.807, 2.05) is 12.1 Å². The Morgan fingerprint density at radius 2 is 2.21 bits per heavy atom. The number of nitrogens with two attached hydrogens (primary N) is 1. The molecule has 0 aliphatic rings. The van der Waals surface area contributed by atoms with Crippen molar-refractivity contribution < 1.29 is 0 Å².